The van der Waals surface area contributed by atoms with Gasteiger partial charge in [0.05, 0.1) is 5.56 Å². The highest BCUT2D eigenvalue weighted by atomic mass is 19.3. The van der Waals surface area contributed by atoms with E-state index in [1.54, 1.807) is 43.3 Å². The average Bonchev–Trinajstić information content (AvgIpc) is 2.96. The van der Waals surface area contributed by atoms with Crippen molar-refractivity contribution in [2.24, 2.45) is 11.8 Å². The van der Waals surface area contributed by atoms with Crippen LogP contribution in [0.15, 0.2) is 85.7 Å². The highest BCUT2D eigenvalue weighted by Gasteiger charge is 2.38. The van der Waals surface area contributed by atoms with Crippen LogP contribution >= 0.6 is 0 Å². The summed E-state index contributed by atoms with van der Waals surface area (Å²) in [7, 11) is 0. The van der Waals surface area contributed by atoms with Crippen LogP contribution in [-0.2, 0) is 6.11 Å². The van der Waals surface area contributed by atoms with E-state index in [0.29, 0.717) is 16.7 Å². The molecule has 0 spiro atoms. The molecular weight excluding hydrogens is 559 g/mol. The standard InChI is InChI=1S/C29H22F7NO.C2H6.C2H4/c1-2-22(24(30)11-16-9-17(10-16)15-37)19-5-3-18(4-6-19)20-7-8-23(25(31)12-20)29(35,36)38-21-13-26(32)28(34)27(33)14-21;2*1-2/h2-8,11-17,37H,9-10H2,1H3;1-2H3;1-2H2/b22-2-,24-11+,37-15?;;. The summed E-state index contributed by atoms with van der Waals surface area (Å²) in [4.78, 5) is 0. The van der Waals surface area contributed by atoms with Gasteiger partial charge in [-0.1, -0.05) is 50.3 Å². The van der Waals surface area contributed by atoms with E-state index in [0.717, 1.165) is 25.0 Å². The van der Waals surface area contributed by atoms with Crippen molar-refractivity contribution in [2.75, 3.05) is 0 Å². The number of hydrogen-bond donors (Lipinski definition) is 1. The Morgan fingerprint density at radius 3 is 1.90 bits per heavy atom. The Morgan fingerprint density at radius 1 is 0.857 bits per heavy atom. The van der Waals surface area contributed by atoms with Crippen LogP contribution in [0, 0.1) is 40.5 Å². The summed E-state index contributed by atoms with van der Waals surface area (Å²) < 4.78 is 103. The van der Waals surface area contributed by atoms with Crippen LogP contribution in [0.25, 0.3) is 16.7 Å². The number of ether oxygens (including phenoxy) is 1. The normalized spacial score (nSPS) is 16.7. The Morgan fingerprint density at radius 2 is 1.40 bits per heavy atom. The van der Waals surface area contributed by atoms with Crippen LogP contribution in [0.5, 0.6) is 5.75 Å². The molecule has 1 aliphatic rings. The Kier molecular flexibility index (Phi) is 12.3. The van der Waals surface area contributed by atoms with Gasteiger partial charge >= 0.3 is 6.11 Å². The predicted octanol–water partition coefficient (Wildman–Crippen LogP) is 10.8. The molecule has 1 aliphatic carbocycles. The van der Waals surface area contributed by atoms with Gasteiger partial charge in [0.1, 0.15) is 17.4 Å². The van der Waals surface area contributed by atoms with Crippen LogP contribution < -0.4 is 4.74 Å². The Balaban J connectivity index is 0.00000148. The first-order chi connectivity index (χ1) is 20.0. The van der Waals surface area contributed by atoms with Crippen molar-refractivity contribution in [1.82, 2.24) is 0 Å². The first-order valence-corrected chi connectivity index (χ1v) is 13.2. The molecule has 1 N–H and O–H groups in total. The maximum atomic E-state index is 14.9. The fourth-order valence-electron chi connectivity index (χ4n) is 4.29. The molecule has 42 heavy (non-hydrogen) atoms. The van der Waals surface area contributed by atoms with Crippen molar-refractivity contribution in [2.45, 2.75) is 39.7 Å². The van der Waals surface area contributed by atoms with Crippen LogP contribution in [0.1, 0.15) is 44.7 Å². The lowest BCUT2D eigenvalue weighted by atomic mass is 9.75. The summed E-state index contributed by atoms with van der Waals surface area (Å²) in [6.07, 6.45) is 1.70. The molecule has 0 unspecified atom stereocenters. The second kappa shape index (κ2) is 15.2. The summed E-state index contributed by atoms with van der Waals surface area (Å²) >= 11 is 0. The summed E-state index contributed by atoms with van der Waals surface area (Å²) in [5.41, 5.74) is 0.481. The number of allylic oxidation sites excluding steroid dienone is 4. The van der Waals surface area contributed by atoms with E-state index in [4.69, 9.17) is 5.41 Å². The van der Waals surface area contributed by atoms with E-state index in [1.165, 1.54) is 12.3 Å². The number of rotatable bonds is 8. The second-order valence-electron chi connectivity index (χ2n) is 8.97. The lowest BCUT2D eigenvalue weighted by molar-refractivity contribution is -0.187. The van der Waals surface area contributed by atoms with Gasteiger partial charge in [-0.3, -0.25) is 0 Å². The number of benzene rings is 3. The molecule has 3 aromatic rings. The van der Waals surface area contributed by atoms with Gasteiger partial charge < -0.3 is 10.1 Å². The van der Waals surface area contributed by atoms with Crippen LogP contribution in [-0.4, -0.2) is 6.21 Å². The fourth-order valence-corrected chi connectivity index (χ4v) is 4.29. The maximum absolute atomic E-state index is 14.9. The largest absolute Gasteiger partial charge is 0.429 e. The molecule has 0 bridgehead atoms. The zero-order chi connectivity index (χ0) is 31.6. The average molecular weight is 592 g/mol. The zero-order valence-corrected chi connectivity index (χ0v) is 23.5. The van der Waals surface area contributed by atoms with Crippen LogP contribution in [0.2, 0.25) is 0 Å². The molecule has 224 valence electrons. The minimum atomic E-state index is -4.31. The second-order valence-corrected chi connectivity index (χ2v) is 8.97. The van der Waals surface area contributed by atoms with Gasteiger partial charge in [-0.15, -0.1) is 13.2 Å². The number of hydrogen-bond acceptors (Lipinski definition) is 2. The lowest BCUT2D eigenvalue weighted by Gasteiger charge is -2.30. The van der Waals surface area contributed by atoms with Gasteiger partial charge in [-0.2, -0.15) is 8.78 Å². The first kappa shape index (κ1) is 34.1. The zero-order valence-electron chi connectivity index (χ0n) is 23.5. The van der Waals surface area contributed by atoms with E-state index >= 15 is 0 Å². The van der Waals surface area contributed by atoms with Crippen molar-refractivity contribution in [3.05, 3.63) is 120 Å². The molecule has 2 nitrogen and oxygen atoms in total. The number of halogens is 7. The van der Waals surface area contributed by atoms with E-state index in [9.17, 15) is 30.7 Å². The highest BCUT2D eigenvalue weighted by molar-refractivity contribution is 5.78. The minimum Gasteiger partial charge on any atom is -0.429 e. The van der Waals surface area contributed by atoms with E-state index in [-0.39, 0.29) is 35.4 Å². The number of nitrogens with one attached hydrogen (secondary N) is 1. The smallest absolute Gasteiger partial charge is 0.429 e. The maximum Gasteiger partial charge on any atom is 0.429 e. The SMILES string of the molecule is C/C=C(\C(F)=C/C1CC(C=N)C1)c1ccc(-c2ccc(C(F)(F)Oc3cc(F)c(F)c(F)c3)c(F)c2)cc1.C=C.CC. The van der Waals surface area contributed by atoms with Gasteiger partial charge in [-0.25, -0.2) is 22.0 Å². The summed E-state index contributed by atoms with van der Waals surface area (Å²) in [5.74, 6) is -7.79. The number of alkyl halides is 2. The Labute approximate surface area is 241 Å². The van der Waals surface area contributed by atoms with Gasteiger partial charge in [0.2, 0.25) is 0 Å². The summed E-state index contributed by atoms with van der Waals surface area (Å²) in [6, 6.07) is 9.73. The molecule has 0 radical (unpaired) electrons. The molecule has 0 saturated heterocycles. The molecule has 0 aliphatic heterocycles. The lowest BCUT2D eigenvalue weighted by Crippen LogP contribution is -2.23. The quantitative estimate of drug-likeness (QED) is 0.0913. The molecular formula is C33H32F7NO. The van der Waals surface area contributed by atoms with Crippen molar-refractivity contribution < 1.29 is 35.5 Å². The fraction of sp³-hybridized carbons (Fsp3) is 0.242. The van der Waals surface area contributed by atoms with Crippen molar-refractivity contribution >= 4 is 11.8 Å². The van der Waals surface area contributed by atoms with E-state index < -0.39 is 40.7 Å². The van der Waals surface area contributed by atoms with Crippen molar-refractivity contribution in [1.29, 1.82) is 5.41 Å². The van der Waals surface area contributed by atoms with Crippen LogP contribution in [0.4, 0.5) is 30.7 Å². The molecule has 1 fully saturated rings. The van der Waals surface area contributed by atoms with Gasteiger partial charge in [-0.05, 0) is 72.7 Å². The third-order valence-electron chi connectivity index (χ3n) is 6.39. The van der Waals surface area contributed by atoms with Crippen molar-refractivity contribution in [3.8, 4) is 16.9 Å². The molecule has 0 amide bonds. The summed E-state index contributed by atoms with van der Waals surface area (Å²) in [6.45, 7) is 11.7. The molecule has 3 aromatic carbocycles. The predicted molar refractivity (Wildman–Crippen MR) is 153 cm³/mol. The third kappa shape index (κ3) is 7.99. The molecule has 0 heterocycles. The molecule has 4 rings (SSSR count). The Bertz CT molecular complexity index is 1400. The van der Waals surface area contributed by atoms with E-state index in [2.05, 4.69) is 17.9 Å². The molecule has 1 saturated carbocycles. The third-order valence-corrected chi connectivity index (χ3v) is 6.39. The topological polar surface area (TPSA) is 33.1 Å². The minimum absolute atomic E-state index is 0.0699. The monoisotopic (exact) mass is 591 g/mol. The van der Waals surface area contributed by atoms with Gasteiger partial charge in [0.15, 0.2) is 17.5 Å². The molecule has 9 heteroatoms. The Hall–Kier alpha value is -4.14. The summed E-state index contributed by atoms with van der Waals surface area (Å²) in [5, 5.41) is 7.25. The highest BCUT2D eigenvalue weighted by Crippen LogP contribution is 2.38. The molecule has 0 atom stereocenters. The van der Waals surface area contributed by atoms with Gasteiger partial charge in [0.25, 0.3) is 0 Å². The van der Waals surface area contributed by atoms with Crippen LogP contribution in [0.3, 0.4) is 0 Å². The van der Waals surface area contributed by atoms with E-state index in [1.807, 2.05) is 13.8 Å². The molecule has 0 aromatic heterocycles. The van der Waals surface area contributed by atoms with Crippen molar-refractivity contribution in [3.63, 3.8) is 0 Å². The first-order valence-electron chi connectivity index (χ1n) is 13.2. The van der Waals surface area contributed by atoms with Gasteiger partial charge in [0, 0.05) is 17.7 Å².